The number of halogens is 4. The maximum absolute atomic E-state index is 14.3. The van der Waals surface area contributed by atoms with E-state index in [9.17, 15) is 18.7 Å². The molecule has 0 saturated carbocycles. The van der Waals surface area contributed by atoms with Crippen molar-refractivity contribution in [2.24, 2.45) is 0 Å². The predicted molar refractivity (Wildman–Crippen MR) is 108 cm³/mol. The number of carbonyl (C=O) groups excluding carboxylic acids is 1. The van der Waals surface area contributed by atoms with E-state index in [4.69, 9.17) is 16.4 Å². The fraction of sp³-hybridized carbons (Fsp3) is 0.278. The second kappa shape index (κ2) is 9.13. The zero-order valence-electron chi connectivity index (χ0n) is 14.6. The average Bonchev–Trinajstić information content (AvgIpc) is 2.57. The van der Waals surface area contributed by atoms with Crippen molar-refractivity contribution in [3.8, 4) is 0 Å². The molecule has 5 nitrogen and oxygen atoms in total. The SMILES string of the molecule is CC(C)(O)CCONC(=O)c1ccc(F)c(F)c1Nc1ccc(I)cc1Cl. The Morgan fingerprint density at radius 1 is 1.30 bits per heavy atom. The summed E-state index contributed by atoms with van der Waals surface area (Å²) in [6, 6.07) is 6.94. The first-order valence-corrected chi connectivity index (χ1v) is 9.39. The van der Waals surface area contributed by atoms with Crippen LogP contribution < -0.4 is 10.8 Å². The van der Waals surface area contributed by atoms with E-state index in [2.05, 4.69) is 33.4 Å². The van der Waals surface area contributed by atoms with Crippen LogP contribution in [-0.4, -0.2) is 23.2 Å². The van der Waals surface area contributed by atoms with Gasteiger partial charge < -0.3 is 10.4 Å². The van der Waals surface area contributed by atoms with Gasteiger partial charge in [-0.25, -0.2) is 14.3 Å². The third-order valence-corrected chi connectivity index (χ3v) is 4.49. The van der Waals surface area contributed by atoms with Gasteiger partial charge >= 0.3 is 0 Å². The highest BCUT2D eigenvalue weighted by atomic mass is 127. The molecule has 0 saturated heterocycles. The smallest absolute Gasteiger partial charge is 0.277 e. The molecule has 146 valence electrons. The predicted octanol–water partition coefficient (Wildman–Crippen LogP) is 4.79. The molecule has 0 bridgehead atoms. The van der Waals surface area contributed by atoms with Gasteiger partial charge in [0.05, 0.1) is 34.2 Å². The van der Waals surface area contributed by atoms with Crippen molar-refractivity contribution in [3.05, 3.63) is 56.1 Å². The van der Waals surface area contributed by atoms with Gasteiger partial charge in [-0.1, -0.05) is 11.6 Å². The van der Waals surface area contributed by atoms with E-state index in [1.807, 2.05) is 0 Å². The van der Waals surface area contributed by atoms with Gasteiger partial charge in [-0.05, 0) is 66.8 Å². The lowest BCUT2D eigenvalue weighted by Gasteiger charge is -2.17. The normalized spacial score (nSPS) is 11.4. The molecule has 0 spiro atoms. The number of anilines is 2. The molecule has 0 unspecified atom stereocenters. The largest absolute Gasteiger partial charge is 0.390 e. The summed E-state index contributed by atoms with van der Waals surface area (Å²) in [5, 5.41) is 12.6. The van der Waals surface area contributed by atoms with Gasteiger partial charge in [-0.3, -0.25) is 9.63 Å². The molecule has 0 atom stereocenters. The van der Waals surface area contributed by atoms with Crippen LogP contribution >= 0.6 is 34.2 Å². The number of hydrogen-bond acceptors (Lipinski definition) is 4. The molecule has 9 heteroatoms. The van der Waals surface area contributed by atoms with E-state index < -0.39 is 23.1 Å². The first-order valence-electron chi connectivity index (χ1n) is 7.93. The lowest BCUT2D eigenvalue weighted by atomic mass is 10.1. The van der Waals surface area contributed by atoms with Crippen molar-refractivity contribution >= 4 is 51.5 Å². The van der Waals surface area contributed by atoms with Gasteiger partial charge in [-0.2, -0.15) is 0 Å². The van der Waals surface area contributed by atoms with Gasteiger partial charge in [0.25, 0.3) is 5.91 Å². The highest BCUT2D eigenvalue weighted by Gasteiger charge is 2.20. The third kappa shape index (κ3) is 6.27. The number of carbonyl (C=O) groups is 1. The van der Waals surface area contributed by atoms with E-state index >= 15 is 0 Å². The molecular weight excluding hydrogens is 493 g/mol. The molecule has 3 N–H and O–H groups in total. The highest BCUT2D eigenvalue weighted by molar-refractivity contribution is 14.1. The van der Waals surface area contributed by atoms with E-state index in [0.717, 1.165) is 15.7 Å². The van der Waals surface area contributed by atoms with Crippen LogP contribution in [0.15, 0.2) is 30.3 Å². The topological polar surface area (TPSA) is 70.6 Å². The fourth-order valence-electron chi connectivity index (χ4n) is 2.06. The van der Waals surface area contributed by atoms with Crippen molar-refractivity contribution in [2.45, 2.75) is 25.9 Å². The second-order valence-electron chi connectivity index (χ2n) is 6.38. The summed E-state index contributed by atoms with van der Waals surface area (Å²) in [5.74, 6) is -3.10. The molecular formula is C18H18ClF2IN2O3. The van der Waals surface area contributed by atoms with Gasteiger partial charge in [0.1, 0.15) is 0 Å². The summed E-state index contributed by atoms with van der Waals surface area (Å²) in [5.41, 5.74) is 0.996. The number of amides is 1. The number of aliphatic hydroxyl groups is 1. The van der Waals surface area contributed by atoms with Gasteiger partial charge in [0.2, 0.25) is 0 Å². The maximum atomic E-state index is 14.3. The number of nitrogens with one attached hydrogen (secondary N) is 2. The molecule has 0 aromatic heterocycles. The van der Waals surface area contributed by atoms with E-state index in [1.54, 1.807) is 32.0 Å². The number of hydroxylamine groups is 1. The Morgan fingerprint density at radius 3 is 2.63 bits per heavy atom. The monoisotopic (exact) mass is 510 g/mol. The first kappa shape index (κ1) is 21.8. The van der Waals surface area contributed by atoms with Crippen LogP contribution in [0, 0.1) is 15.2 Å². The van der Waals surface area contributed by atoms with Crippen LogP contribution in [0.4, 0.5) is 20.2 Å². The minimum Gasteiger partial charge on any atom is -0.390 e. The van der Waals surface area contributed by atoms with E-state index in [0.29, 0.717) is 10.7 Å². The zero-order chi connectivity index (χ0) is 20.2. The Morgan fingerprint density at radius 2 is 2.00 bits per heavy atom. The summed E-state index contributed by atoms with van der Waals surface area (Å²) >= 11 is 8.18. The van der Waals surface area contributed by atoms with Crippen LogP contribution in [0.2, 0.25) is 5.02 Å². The lowest BCUT2D eigenvalue weighted by Crippen LogP contribution is -2.28. The number of hydrogen-bond donors (Lipinski definition) is 3. The van der Waals surface area contributed by atoms with Gasteiger partial charge in [0.15, 0.2) is 11.6 Å². The van der Waals surface area contributed by atoms with Crippen molar-refractivity contribution in [1.29, 1.82) is 0 Å². The molecule has 1 amide bonds. The molecule has 27 heavy (non-hydrogen) atoms. The number of rotatable bonds is 7. The molecule has 0 radical (unpaired) electrons. The quantitative estimate of drug-likeness (QED) is 0.285. The Balaban J connectivity index is 2.21. The summed E-state index contributed by atoms with van der Waals surface area (Å²) in [7, 11) is 0. The fourth-order valence-corrected chi connectivity index (χ4v) is 2.96. The van der Waals surface area contributed by atoms with Gasteiger partial charge in [-0.15, -0.1) is 0 Å². The number of benzene rings is 2. The van der Waals surface area contributed by atoms with Crippen molar-refractivity contribution < 1.29 is 23.5 Å². The molecule has 2 aromatic rings. The Kier molecular flexibility index (Phi) is 7.38. The van der Waals surface area contributed by atoms with E-state index in [-0.39, 0.29) is 24.3 Å². The molecule has 2 rings (SSSR count). The lowest BCUT2D eigenvalue weighted by molar-refractivity contribution is -0.00570. The molecule has 0 fully saturated rings. The van der Waals surface area contributed by atoms with Crippen LogP contribution in [0.25, 0.3) is 0 Å². The molecule has 0 heterocycles. The maximum Gasteiger partial charge on any atom is 0.277 e. The summed E-state index contributed by atoms with van der Waals surface area (Å²) < 4.78 is 28.9. The van der Waals surface area contributed by atoms with E-state index in [1.165, 1.54) is 0 Å². The average molecular weight is 511 g/mol. The van der Waals surface area contributed by atoms with Crippen LogP contribution in [-0.2, 0) is 4.84 Å². The second-order valence-corrected chi connectivity index (χ2v) is 8.03. The molecule has 0 aliphatic heterocycles. The minimum atomic E-state index is -1.21. The molecule has 0 aliphatic rings. The van der Waals surface area contributed by atoms with Gasteiger partial charge in [0, 0.05) is 9.99 Å². The van der Waals surface area contributed by atoms with Crippen LogP contribution in [0.5, 0.6) is 0 Å². The Bertz CT molecular complexity index is 844. The first-order chi connectivity index (χ1) is 12.6. The highest BCUT2D eigenvalue weighted by Crippen LogP contribution is 2.31. The standard InChI is InChI=1S/C18H18ClF2IN2O3/c1-18(2,26)7-8-27-24-17(25)11-4-5-13(20)15(21)16(11)23-14-6-3-10(22)9-12(14)19/h3-6,9,23,26H,7-8H2,1-2H3,(H,24,25). The Labute approximate surface area is 174 Å². The third-order valence-electron chi connectivity index (χ3n) is 3.51. The molecule has 0 aliphatic carbocycles. The van der Waals surface area contributed by atoms with Crippen molar-refractivity contribution in [2.75, 3.05) is 11.9 Å². The minimum absolute atomic E-state index is 0.0463. The summed E-state index contributed by atoms with van der Waals surface area (Å²) in [4.78, 5) is 17.3. The molecule has 2 aromatic carbocycles. The summed E-state index contributed by atoms with van der Waals surface area (Å²) in [6.07, 6.45) is 0.272. The zero-order valence-corrected chi connectivity index (χ0v) is 17.5. The van der Waals surface area contributed by atoms with Crippen molar-refractivity contribution in [1.82, 2.24) is 5.48 Å². The van der Waals surface area contributed by atoms with Crippen molar-refractivity contribution in [3.63, 3.8) is 0 Å². The van der Waals surface area contributed by atoms with Crippen LogP contribution in [0.3, 0.4) is 0 Å². The Hall–Kier alpha value is -1.49. The van der Waals surface area contributed by atoms with Crippen LogP contribution in [0.1, 0.15) is 30.6 Å². The summed E-state index contributed by atoms with van der Waals surface area (Å²) in [6.45, 7) is 3.24.